The van der Waals surface area contributed by atoms with E-state index in [1.54, 1.807) is 12.4 Å². The van der Waals surface area contributed by atoms with Crippen LogP contribution >= 0.6 is 0 Å². The standard InChI is InChI=1S/C12H14N4/c1-3-10-8(2)11(13)16-12(15-10)9-5-4-6-14-7-9/h4-7H,3H2,1-2H3,(H2,13,15,16). The monoisotopic (exact) mass is 214 g/mol. The number of aromatic nitrogens is 3. The lowest BCUT2D eigenvalue weighted by Gasteiger charge is -2.08. The molecular weight excluding hydrogens is 200 g/mol. The van der Waals surface area contributed by atoms with E-state index >= 15 is 0 Å². The number of anilines is 1. The molecule has 4 nitrogen and oxygen atoms in total. The van der Waals surface area contributed by atoms with Crippen LogP contribution in [0.1, 0.15) is 18.2 Å². The Balaban J connectivity index is 2.55. The molecule has 2 aromatic heterocycles. The van der Waals surface area contributed by atoms with Crippen molar-refractivity contribution < 1.29 is 0 Å². The Bertz CT molecular complexity index is 494. The van der Waals surface area contributed by atoms with Crippen LogP contribution < -0.4 is 5.73 Å². The zero-order chi connectivity index (χ0) is 11.5. The topological polar surface area (TPSA) is 64.7 Å². The van der Waals surface area contributed by atoms with Crippen molar-refractivity contribution in [1.82, 2.24) is 15.0 Å². The quantitative estimate of drug-likeness (QED) is 0.830. The van der Waals surface area contributed by atoms with Crippen molar-refractivity contribution in [3.05, 3.63) is 35.8 Å². The van der Waals surface area contributed by atoms with Gasteiger partial charge in [0.15, 0.2) is 5.82 Å². The van der Waals surface area contributed by atoms with Gasteiger partial charge in [-0.2, -0.15) is 0 Å². The molecule has 2 rings (SSSR count). The van der Waals surface area contributed by atoms with E-state index in [0.717, 1.165) is 23.2 Å². The van der Waals surface area contributed by atoms with Gasteiger partial charge in [-0.05, 0) is 25.5 Å². The molecular formula is C12H14N4. The zero-order valence-electron chi connectivity index (χ0n) is 9.44. The third kappa shape index (κ3) is 1.86. The van der Waals surface area contributed by atoms with Crippen molar-refractivity contribution in [1.29, 1.82) is 0 Å². The van der Waals surface area contributed by atoms with Crippen LogP contribution in [-0.2, 0) is 6.42 Å². The van der Waals surface area contributed by atoms with Gasteiger partial charge < -0.3 is 5.73 Å². The molecule has 2 aromatic rings. The second kappa shape index (κ2) is 4.26. The normalized spacial score (nSPS) is 10.4. The van der Waals surface area contributed by atoms with Gasteiger partial charge in [-0.1, -0.05) is 6.92 Å². The van der Waals surface area contributed by atoms with Gasteiger partial charge in [0.1, 0.15) is 5.82 Å². The molecule has 0 radical (unpaired) electrons. The number of rotatable bonds is 2. The second-order valence-corrected chi connectivity index (χ2v) is 3.60. The van der Waals surface area contributed by atoms with Gasteiger partial charge in [0.25, 0.3) is 0 Å². The van der Waals surface area contributed by atoms with Crippen LogP contribution in [0.4, 0.5) is 5.82 Å². The predicted molar refractivity (Wildman–Crippen MR) is 63.8 cm³/mol. The summed E-state index contributed by atoms with van der Waals surface area (Å²) in [5, 5.41) is 0. The Morgan fingerprint density at radius 3 is 2.75 bits per heavy atom. The summed E-state index contributed by atoms with van der Waals surface area (Å²) < 4.78 is 0. The lowest BCUT2D eigenvalue weighted by atomic mass is 10.1. The van der Waals surface area contributed by atoms with E-state index < -0.39 is 0 Å². The van der Waals surface area contributed by atoms with Gasteiger partial charge in [0.2, 0.25) is 0 Å². The van der Waals surface area contributed by atoms with Gasteiger partial charge in [-0.25, -0.2) is 9.97 Å². The van der Waals surface area contributed by atoms with Crippen molar-refractivity contribution in [2.45, 2.75) is 20.3 Å². The molecule has 4 heteroatoms. The molecule has 0 saturated heterocycles. The summed E-state index contributed by atoms with van der Waals surface area (Å²) in [6.45, 7) is 4.00. The fraction of sp³-hybridized carbons (Fsp3) is 0.250. The molecule has 0 bridgehead atoms. The van der Waals surface area contributed by atoms with Gasteiger partial charge in [-0.3, -0.25) is 4.98 Å². The summed E-state index contributed by atoms with van der Waals surface area (Å²) in [5.74, 6) is 1.19. The van der Waals surface area contributed by atoms with Crippen LogP contribution in [0.25, 0.3) is 11.4 Å². The molecule has 0 atom stereocenters. The van der Waals surface area contributed by atoms with Crippen molar-refractivity contribution in [3.8, 4) is 11.4 Å². The molecule has 0 aromatic carbocycles. The van der Waals surface area contributed by atoms with Gasteiger partial charge in [0.05, 0.1) is 0 Å². The average molecular weight is 214 g/mol. The molecule has 0 aliphatic heterocycles. The predicted octanol–water partition coefficient (Wildman–Crippen LogP) is 1.99. The van der Waals surface area contributed by atoms with Crippen LogP contribution in [-0.4, -0.2) is 15.0 Å². The van der Waals surface area contributed by atoms with E-state index in [2.05, 4.69) is 21.9 Å². The van der Waals surface area contributed by atoms with Gasteiger partial charge in [0, 0.05) is 29.2 Å². The van der Waals surface area contributed by atoms with Gasteiger partial charge in [-0.15, -0.1) is 0 Å². The Hall–Kier alpha value is -1.97. The fourth-order valence-electron chi connectivity index (χ4n) is 1.55. The Morgan fingerprint density at radius 2 is 2.12 bits per heavy atom. The smallest absolute Gasteiger partial charge is 0.163 e. The molecule has 16 heavy (non-hydrogen) atoms. The van der Waals surface area contributed by atoms with E-state index in [1.165, 1.54) is 0 Å². The maximum Gasteiger partial charge on any atom is 0.163 e. The first-order chi connectivity index (χ1) is 7.72. The number of hydrogen-bond donors (Lipinski definition) is 1. The third-order valence-electron chi connectivity index (χ3n) is 2.54. The van der Waals surface area contributed by atoms with E-state index in [1.807, 2.05) is 19.1 Å². The lowest BCUT2D eigenvalue weighted by Crippen LogP contribution is -2.04. The first-order valence-corrected chi connectivity index (χ1v) is 5.25. The van der Waals surface area contributed by atoms with Crippen LogP contribution in [0.3, 0.4) is 0 Å². The fourth-order valence-corrected chi connectivity index (χ4v) is 1.55. The first-order valence-electron chi connectivity index (χ1n) is 5.25. The largest absolute Gasteiger partial charge is 0.383 e. The maximum atomic E-state index is 5.86. The summed E-state index contributed by atoms with van der Waals surface area (Å²) in [6, 6.07) is 3.79. The number of hydrogen-bond acceptors (Lipinski definition) is 4. The average Bonchev–Trinajstić information content (AvgIpc) is 2.33. The Morgan fingerprint density at radius 1 is 1.31 bits per heavy atom. The number of aryl methyl sites for hydroxylation is 1. The highest BCUT2D eigenvalue weighted by Gasteiger charge is 2.08. The first kappa shape index (κ1) is 10.5. The Labute approximate surface area is 94.6 Å². The summed E-state index contributed by atoms with van der Waals surface area (Å²) >= 11 is 0. The molecule has 2 heterocycles. The minimum atomic E-state index is 0.547. The van der Waals surface area contributed by atoms with E-state index in [9.17, 15) is 0 Å². The summed E-state index contributed by atoms with van der Waals surface area (Å²) in [5.41, 5.74) is 8.72. The SMILES string of the molecule is CCc1nc(-c2cccnc2)nc(N)c1C. The molecule has 0 amide bonds. The lowest BCUT2D eigenvalue weighted by molar-refractivity contribution is 0.981. The van der Waals surface area contributed by atoms with Crippen LogP contribution in [0.15, 0.2) is 24.5 Å². The minimum absolute atomic E-state index is 0.547. The number of pyridine rings is 1. The third-order valence-corrected chi connectivity index (χ3v) is 2.54. The van der Waals surface area contributed by atoms with E-state index in [4.69, 9.17) is 5.73 Å². The Kier molecular flexibility index (Phi) is 2.81. The highest BCUT2D eigenvalue weighted by Crippen LogP contribution is 2.19. The molecule has 0 fully saturated rings. The molecule has 0 aliphatic carbocycles. The number of nitrogen functional groups attached to an aromatic ring is 1. The number of nitrogens with zero attached hydrogens (tertiary/aromatic N) is 3. The van der Waals surface area contributed by atoms with E-state index in [0.29, 0.717) is 11.6 Å². The van der Waals surface area contributed by atoms with Crippen LogP contribution in [0, 0.1) is 6.92 Å². The molecule has 0 spiro atoms. The van der Waals surface area contributed by atoms with E-state index in [-0.39, 0.29) is 0 Å². The summed E-state index contributed by atoms with van der Waals surface area (Å²) in [7, 11) is 0. The highest BCUT2D eigenvalue weighted by molar-refractivity contribution is 5.57. The minimum Gasteiger partial charge on any atom is -0.383 e. The summed E-state index contributed by atoms with van der Waals surface area (Å²) in [4.78, 5) is 12.8. The van der Waals surface area contributed by atoms with Gasteiger partial charge >= 0.3 is 0 Å². The molecule has 0 unspecified atom stereocenters. The summed E-state index contributed by atoms with van der Waals surface area (Å²) in [6.07, 6.45) is 4.32. The van der Waals surface area contributed by atoms with Crippen molar-refractivity contribution >= 4 is 5.82 Å². The highest BCUT2D eigenvalue weighted by atomic mass is 15.0. The zero-order valence-corrected chi connectivity index (χ0v) is 9.44. The molecule has 82 valence electrons. The van der Waals surface area contributed by atoms with Crippen molar-refractivity contribution in [3.63, 3.8) is 0 Å². The molecule has 0 aliphatic rings. The van der Waals surface area contributed by atoms with Crippen LogP contribution in [0.5, 0.6) is 0 Å². The van der Waals surface area contributed by atoms with Crippen molar-refractivity contribution in [2.75, 3.05) is 5.73 Å². The second-order valence-electron chi connectivity index (χ2n) is 3.60. The molecule has 2 N–H and O–H groups in total. The van der Waals surface area contributed by atoms with Crippen LogP contribution in [0.2, 0.25) is 0 Å². The molecule has 0 saturated carbocycles. The number of nitrogens with two attached hydrogens (primary N) is 1. The van der Waals surface area contributed by atoms with Crippen molar-refractivity contribution in [2.24, 2.45) is 0 Å². The maximum absolute atomic E-state index is 5.86.